The van der Waals surface area contributed by atoms with E-state index in [1.165, 1.54) is 51.6 Å². The average Bonchev–Trinajstić information content (AvgIpc) is 2.89. The van der Waals surface area contributed by atoms with Gasteiger partial charge < -0.3 is 0 Å². The minimum Gasteiger partial charge on any atom is -0.192 e. The molecule has 4 aromatic rings. The monoisotopic (exact) mass is 1040 g/mol. The summed E-state index contributed by atoms with van der Waals surface area (Å²) in [7, 11) is 0. The number of nitrogens with zero attached hydrogens (tertiary/aromatic N) is 2. The first-order valence-electron chi connectivity index (χ1n) is 11.2. The lowest BCUT2D eigenvalue weighted by Crippen LogP contribution is -2.02. The lowest BCUT2D eigenvalue weighted by atomic mass is 9.92. The van der Waals surface area contributed by atoms with Gasteiger partial charge in [0.25, 0.3) is 0 Å². The largest absolute Gasteiger partial charge is 0.192 e. The van der Waals surface area contributed by atoms with Gasteiger partial charge in [0.05, 0.1) is 11.1 Å². The predicted octanol–water partition coefficient (Wildman–Crippen LogP) is 10.3. The standard InChI is InChI=1S/C30H19I5N2/c1-15-18(4-10-24(28(15)33)22-9-6-20(13-36)27(32)17(22)3)12-19-5-8-23(16(2)26(19)31)25-11-7-21(14-37)29(34)30(25)35/h4-11H,12H2,1-3H3. The van der Waals surface area contributed by atoms with Gasteiger partial charge in [-0.3, -0.25) is 0 Å². The van der Waals surface area contributed by atoms with Gasteiger partial charge >= 0.3 is 0 Å². The Morgan fingerprint density at radius 3 is 1.57 bits per heavy atom. The number of benzene rings is 4. The first-order valence-corrected chi connectivity index (χ1v) is 16.6. The Morgan fingerprint density at radius 2 is 0.946 bits per heavy atom. The molecule has 0 bridgehead atoms. The van der Waals surface area contributed by atoms with Crippen molar-refractivity contribution in [3.63, 3.8) is 0 Å². The van der Waals surface area contributed by atoms with E-state index in [0.717, 1.165) is 33.8 Å². The topological polar surface area (TPSA) is 47.6 Å². The summed E-state index contributed by atoms with van der Waals surface area (Å²) < 4.78 is 5.68. The van der Waals surface area contributed by atoms with Gasteiger partial charge in [-0.1, -0.05) is 36.4 Å². The Kier molecular flexibility index (Phi) is 9.85. The normalized spacial score (nSPS) is 10.8. The molecule has 4 rings (SSSR count). The van der Waals surface area contributed by atoms with E-state index >= 15 is 0 Å². The highest BCUT2D eigenvalue weighted by molar-refractivity contribution is 14.1. The van der Waals surface area contributed by atoms with E-state index in [1.54, 1.807) is 0 Å². The molecule has 7 heteroatoms. The number of hydrogen-bond acceptors (Lipinski definition) is 2. The van der Waals surface area contributed by atoms with Gasteiger partial charge in [-0.15, -0.1) is 0 Å². The molecule has 0 fully saturated rings. The minimum absolute atomic E-state index is 0.720. The van der Waals surface area contributed by atoms with Gasteiger partial charge in [0.2, 0.25) is 0 Å². The van der Waals surface area contributed by atoms with Crippen molar-refractivity contribution in [3.8, 4) is 34.4 Å². The van der Waals surface area contributed by atoms with Crippen LogP contribution in [0.15, 0.2) is 48.5 Å². The predicted molar refractivity (Wildman–Crippen MR) is 194 cm³/mol. The second kappa shape index (κ2) is 12.4. The fourth-order valence-electron chi connectivity index (χ4n) is 4.41. The van der Waals surface area contributed by atoms with Gasteiger partial charge in [0.15, 0.2) is 0 Å². The Morgan fingerprint density at radius 1 is 0.486 bits per heavy atom. The summed E-state index contributed by atoms with van der Waals surface area (Å²) in [5, 5.41) is 18.8. The quantitative estimate of drug-likeness (QED) is 0.191. The van der Waals surface area contributed by atoms with Gasteiger partial charge in [-0.25, -0.2) is 0 Å². The molecule has 0 aromatic heterocycles. The van der Waals surface area contributed by atoms with Crippen molar-refractivity contribution in [1.29, 1.82) is 10.5 Å². The third kappa shape index (κ3) is 5.72. The van der Waals surface area contributed by atoms with Crippen LogP contribution in [0.5, 0.6) is 0 Å². The van der Waals surface area contributed by atoms with Gasteiger partial charge in [-0.2, -0.15) is 10.5 Å². The fourth-order valence-corrected chi connectivity index (χ4v) is 7.83. The fraction of sp³-hybridized carbons (Fsp3) is 0.133. The average molecular weight is 1040 g/mol. The molecule has 0 radical (unpaired) electrons. The van der Waals surface area contributed by atoms with E-state index in [2.05, 4.69) is 182 Å². The van der Waals surface area contributed by atoms with Crippen molar-refractivity contribution in [2.45, 2.75) is 27.2 Å². The number of hydrogen-bond donors (Lipinski definition) is 0. The summed E-state index contributed by atoms with van der Waals surface area (Å²) in [5.41, 5.74) is 12.6. The van der Waals surface area contributed by atoms with Crippen LogP contribution in [-0.4, -0.2) is 0 Å². The summed E-state index contributed by atoms with van der Waals surface area (Å²) in [4.78, 5) is 0. The van der Waals surface area contributed by atoms with Crippen LogP contribution in [-0.2, 0) is 6.42 Å². The zero-order valence-corrected chi connectivity index (χ0v) is 30.9. The van der Waals surface area contributed by atoms with Crippen molar-refractivity contribution >= 4 is 113 Å². The molecule has 0 amide bonds. The first-order chi connectivity index (χ1) is 17.6. The maximum absolute atomic E-state index is 9.38. The Bertz CT molecular complexity index is 1540. The van der Waals surface area contributed by atoms with Crippen LogP contribution in [0.25, 0.3) is 22.3 Å². The summed E-state index contributed by atoms with van der Waals surface area (Å²) in [6.45, 7) is 6.50. The molecule has 184 valence electrons. The van der Waals surface area contributed by atoms with Crippen molar-refractivity contribution < 1.29 is 0 Å². The second-order valence-electron chi connectivity index (χ2n) is 8.71. The molecule has 0 unspecified atom stereocenters. The third-order valence-electron chi connectivity index (χ3n) is 6.64. The molecule has 0 aliphatic heterocycles. The lowest BCUT2D eigenvalue weighted by Gasteiger charge is -2.18. The molecule has 0 spiro atoms. The van der Waals surface area contributed by atoms with Crippen molar-refractivity contribution in [2.75, 3.05) is 0 Å². The number of rotatable bonds is 4. The minimum atomic E-state index is 0.720. The van der Waals surface area contributed by atoms with Crippen molar-refractivity contribution in [2.24, 2.45) is 0 Å². The molecule has 0 aliphatic carbocycles. The van der Waals surface area contributed by atoms with Gasteiger partial charge in [0, 0.05) is 17.9 Å². The molecule has 0 saturated carbocycles. The molecule has 0 saturated heterocycles. The highest BCUT2D eigenvalue weighted by Crippen LogP contribution is 2.37. The third-order valence-corrected chi connectivity index (χ3v) is 14.2. The van der Waals surface area contributed by atoms with E-state index in [0.29, 0.717) is 0 Å². The van der Waals surface area contributed by atoms with Crippen molar-refractivity contribution in [1.82, 2.24) is 0 Å². The van der Waals surface area contributed by atoms with E-state index < -0.39 is 0 Å². The molecule has 0 N–H and O–H groups in total. The zero-order chi connectivity index (χ0) is 27.0. The van der Waals surface area contributed by atoms with E-state index in [1.807, 2.05) is 12.1 Å². The van der Waals surface area contributed by atoms with E-state index in [4.69, 9.17) is 0 Å². The smallest absolute Gasteiger partial charge is 0.100 e. The molecule has 0 heterocycles. The van der Waals surface area contributed by atoms with E-state index in [9.17, 15) is 10.5 Å². The Balaban J connectivity index is 1.71. The van der Waals surface area contributed by atoms with Crippen LogP contribution in [0.3, 0.4) is 0 Å². The van der Waals surface area contributed by atoms with Crippen LogP contribution in [0.2, 0.25) is 0 Å². The molecule has 2 nitrogen and oxygen atoms in total. The maximum Gasteiger partial charge on any atom is 0.100 e. The number of halogens is 5. The second-order valence-corrected chi connectivity index (χ2v) is 14.1. The summed E-state index contributed by atoms with van der Waals surface area (Å²) in [6.07, 6.45) is 0.868. The lowest BCUT2D eigenvalue weighted by molar-refractivity contribution is 1.13. The van der Waals surface area contributed by atoms with Crippen LogP contribution in [0.1, 0.15) is 38.9 Å². The summed E-state index contributed by atoms with van der Waals surface area (Å²) in [6, 6.07) is 21.5. The highest BCUT2D eigenvalue weighted by Gasteiger charge is 2.18. The first kappa shape index (κ1) is 29.5. The van der Waals surface area contributed by atoms with Crippen LogP contribution in [0.4, 0.5) is 0 Å². The number of nitriles is 2. The Hall–Kier alpha value is -0.490. The zero-order valence-electron chi connectivity index (χ0n) is 20.1. The molecule has 4 aromatic carbocycles. The van der Waals surface area contributed by atoms with Gasteiger partial charge in [-0.05, 0) is 202 Å². The summed E-state index contributed by atoms with van der Waals surface area (Å²) >= 11 is 11.9. The Labute approximate surface area is 286 Å². The van der Waals surface area contributed by atoms with E-state index in [-0.39, 0.29) is 0 Å². The molecular weight excluding hydrogens is 1020 g/mol. The van der Waals surface area contributed by atoms with Crippen molar-refractivity contribution in [3.05, 3.63) is 105 Å². The highest BCUT2D eigenvalue weighted by atomic mass is 127. The molecular formula is C30H19I5N2. The molecule has 37 heavy (non-hydrogen) atoms. The van der Waals surface area contributed by atoms with Crippen LogP contribution < -0.4 is 0 Å². The molecule has 0 atom stereocenters. The van der Waals surface area contributed by atoms with Gasteiger partial charge in [0.1, 0.15) is 12.1 Å². The summed E-state index contributed by atoms with van der Waals surface area (Å²) in [5.74, 6) is 0. The van der Waals surface area contributed by atoms with Crippen LogP contribution >= 0.6 is 113 Å². The maximum atomic E-state index is 9.38. The van der Waals surface area contributed by atoms with Crippen LogP contribution in [0, 0.1) is 61.3 Å². The molecule has 0 aliphatic rings. The SMILES string of the molecule is Cc1c(-c2ccc(Cc3ccc(-c4ccc(C#N)c(I)c4I)c(C)c3I)c(C)c2I)ccc(C#N)c1I.